The van der Waals surface area contributed by atoms with Gasteiger partial charge in [0.25, 0.3) is 0 Å². The van der Waals surface area contributed by atoms with Crippen LogP contribution >= 0.6 is 0 Å². The van der Waals surface area contributed by atoms with Crippen LogP contribution in [0.4, 0.5) is 4.79 Å². The Morgan fingerprint density at radius 1 is 1.33 bits per heavy atom. The lowest BCUT2D eigenvalue weighted by atomic mass is 9.84. The number of carboxylic acids is 1. The maximum atomic E-state index is 11.8. The summed E-state index contributed by atoms with van der Waals surface area (Å²) in [5.41, 5.74) is 0. The summed E-state index contributed by atoms with van der Waals surface area (Å²) in [4.78, 5) is 26.2. The van der Waals surface area contributed by atoms with E-state index in [1.165, 1.54) is 10.9 Å². The van der Waals surface area contributed by atoms with Gasteiger partial charge in [0.15, 0.2) is 0 Å². The smallest absolute Gasteiger partial charge is 0.327 e. The number of amides is 1. The Balaban J connectivity index is 1.77. The molecule has 1 saturated carbocycles. The first-order valence-corrected chi connectivity index (χ1v) is 6.16. The van der Waals surface area contributed by atoms with Gasteiger partial charge >= 0.3 is 12.0 Å². The van der Waals surface area contributed by atoms with Crippen LogP contribution in [-0.2, 0) is 4.79 Å². The Morgan fingerprint density at radius 2 is 2.06 bits per heavy atom. The minimum Gasteiger partial charge on any atom is -0.481 e. The maximum Gasteiger partial charge on any atom is 0.327 e. The van der Waals surface area contributed by atoms with Crippen molar-refractivity contribution >= 4 is 12.0 Å². The second-order valence-corrected chi connectivity index (χ2v) is 4.73. The quantitative estimate of drug-likeness (QED) is 0.852. The van der Waals surface area contributed by atoms with E-state index >= 15 is 0 Å². The second kappa shape index (κ2) is 5.66. The average molecular weight is 251 g/mol. The number of imidazole rings is 1. The lowest BCUT2D eigenvalue weighted by Crippen LogP contribution is -2.39. The molecule has 1 fully saturated rings. The molecule has 2 rings (SSSR count). The molecule has 0 spiro atoms. The number of nitrogens with zero attached hydrogens (tertiary/aromatic N) is 2. The van der Waals surface area contributed by atoms with Crippen LogP contribution in [0.3, 0.4) is 0 Å². The lowest BCUT2D eigenvalue weighted by Gasteiger charge is -2.28. The van der Waals surface area contributed by atoms with Gasteiger partial charge in [0, 0.05) is 24.9 Å². The first-order chi connectivity index (χ1) is 8.65. The monoisotopic (exact) mass is 251 g/mol. The van der Waals surface area contributed by atoms with Gasteiger partial charge in [-0.1, -0.05) is 0 Å². The minimum atomic E-state index is -0.735. The Kier molecular flexibility index (Phi) is 3.96. The Morgan fingerprint density at radius 3 is 2.61 bits per heavy atom. The summed E-state index contributed by atoms with van der Waals surface area (Å²) < 4.78 is 1.41. The molecule has 6 nitrogen and oxygen atoms in total. The highest BCUT2D eigenvalue weighted by Crippen LogP contribution is 2.26. The first-order valence-electron chi connectivity index (χ1n) is 6.16. The number of carbonyl (C=O) groups excluding carboxylic acids is 1. The van der Waals surface area contributed by atoms with E-state index < -0.39 is 5.97 Å². The molecule has 2 N–H and O–H groups in total. The zero-order valence-electron chi connectivity index (χ0n) is 10.1. The number of aliphatic carboxylic acids is 1. The van der Waals surface area contributed by atoms with Gasteiger partial charge in [-0.3, -0.25) is 9.36 Å². The fourth-order valence-corrected chi connectivity index (χ4v) is 2.39. The molecule has 1 aromatic rings. The molecule has 1 heterocycles. The summed E-state index contributed by atoms with van der Waals surface area (Å²) >= 11 is 0. The third kappa shape index (κ3) is 3.32. The molecular formula is C12H17N3O3. The van der Waals surface area contributed by atoms with Crippen LogP contribution in [-0.4, -0.2) is 32.7 Å². The van der Waals surface area contributed by atoms with Crippen molar-refractivity contribution < 1.29 is 14.7 Å². The molecule has 0 saturated heterocycles. The van der Waals surface area contributed by atoms with Crippen molar-refractivity contribution in [1.82, 2.24) is 14.9 Å². The van der Waals surface area contributed by atoms with E-state index in [9.17, 15) is 9.59 Å². The summed E-state index contributed by atoms with van der Waals surface area (Å²) in [5.74, 6) is -0.482. The van der Waals surface area contributed by atoms with Crippen LogP contribution in [0.5, 0.6) is 0 Å². The van der Waals surface area contributed by atoms with Crippen molar-refractivity contribution in [2.75, 3.05) is 0 Å². The van der Waals surface area contributed by atoms with E-state index in [4.69, 9.17) is 5.11 Å². The van der Waals surface area contributed by atoms with E-state index in [1.54, 1.807) is 12.4 Å². The van der Waals surface area contributed by atoms with Gasteiger partial charge in [0.2, 0.25) is 0 Å². The zero-order chi connectivity index (χ0) is 13.0. The van der Waals surface area contributed by atoms with E-state index in [1.807, 2.05) is 0 Å². The largest absolute Gasteiger partial charge is 0.481 e. The predicted octanol–water partition coefficient (Wildman–Crippen LogP) is 1.47. The molecule has 6 heteroatoms. The predicted molar refractivity (Wildman–Crippen MR) is 64.2 cm³/mol. The number of carboxylic acid groups (broad SMARTS) is 1. The highest BCUT2D eigenvalue weighted by molar-refractivity contribution is 5.76. The molecule has 0 atom stereocenters. The fourth-order valence-electron chi connectivity index (χ4n) is 2.39. The maximum absolute atomic E-state index is 11.8. The summed E-state index contributed by atoms with van der Waals surface area (Å²) in [6.45, 7) is 0. The molecule has 1 aromatic heterocycles. The van der Waals surface area contributed by atoms with Crippen LogP contribution in [0.2, 0.25) is 0 Å². The van der Waals surface area contributed by atoms with Gasteiger partial charge < -0.3 is 10.4 Å². The van der Waals surface area contributed by atoms with Crippen LogP contribution in [0.15, 0.2) is 18.7 Å². The number of nitrogens with one attached hydrogen (secondary N) is 1. The third-order valence-corrected chi connectivity index (χ3v) is 3.38. The van der Waals surface area contributed by atoms with Gasteiger partial charge in [-0.25, -0.2) is 9.78 Å². The van der Waals surface area contributed by atoms with Crippen molar-refractivity contribution in [1.29, 1.82) is 0 Å². The third-order valence-electron chi connectivity index (χ3n) is 3.38. The van der Waals surface area contributed by atoms with Crippen LogP contribution in [0.25, 0.3) is 0 Å². The molecule has 0 aromatic carbocycles. The number of rotatable bonds is 3. The molecule has 0 bridgehead atoms. The van der Waals surface area contributed by atoms with Gasteiger partial charge in [-0.2, -0.15) is 0 Å². The topological polar surface area (TPSA) is 84.2 Å². The molecule has 1 aliphatic rings. The van der Waals surface area contributed by atoms with Crippen LogP contribution < -0.4 is 5.32 Å². The number of hydrogen-bond acceptors (Lipinski definition) is 3. The first kappa shape index (κ1) is 12.6. The van der Waals surface area contributed by atoms with E-state index in [0.717, 1.165) is 25.7 Å². The standard InChI is InChI=1S/C12H17N3O3/c16-11(17)7-9-1-3-10(4-2-9)14-12(18)15-6-5-13-8-15/h5-6,8-10H,1-4,7H2,(H,14,18)(H,16,17). The second-order valence-electron chi connectivity index (χ2n) is 4.73. The van der Waals surface area contributed by atoms with Gasteiger partial charge in [0.05, 0.1) is 0 Å². The van der Waals surface area contributed by atoms with Crippen molar-refractivity contribution in [3.8, 4) is 0 Å². The highest BCUT2D eigenvalue weighted by Gasteiger charge is 2.24. The highest BCUT2D eigenvalue weighted by atomic mass is 16.4. The van der Waals surface area contributed by atoms with Crippen molar-refractivity contribution in [3.63, 3.8) is 0 Å². The summed E-state index contributed by atoms with van der Waals surface area (Å²) in [5, 5.41) is 11.7. The van der Waals surface area contributed by atoms with Gasteiger partial charge in [-0.05, 0) is 31.6 Å². The molecule has 0 aliphatic heterocycles. The van der Waals surface area contributed by atoms with E-state index in [-0.39, 0.29) is 24.4 Å². The molecule has 0 unspecified atom stereocenters. The van der Waals surface area contributed by atoms with Gasteiger partial charge in [0.1, 0.15) is 6.33 Å². The Labute approximate surface area is 105 Å². The number of aromatic nitrogens is 2. The van der Waals surface area contributed by atoms with Crippen molar-refractivity contribution in [2.45, 2.75) is 38.1 Å². The SMILES string of the molecule is O=C(O)CC1CCC(NC(=O)n2ccnc2)CC1. The van der Waals surface area contributed by atoms with E-state index in [0.29, 0.717) is 0 Å². The average Bonchev–Trinajstić information content (AvgIpc) is 2.84. The van der Waals surface area contributed by atoms with E-state index in [2.05, 4.69) is 10.3 Å². The molecule has 98 valence electrons. The summed E-state index contributed by atoms with van der Waals surface area (Å²) in [6, 6.07) is -0.0286. The fraction of sp³-hybridized carbons (Fsp3) is 0.583. The molecule has 1 amide bonds. The van der Waals surface area contributed by atoms with Crippen molar-refractivity contribution in [2.24, 2.45) is 5.92 Å². The number of carbonyl (C=O) groups is 2. The molecule has 0 radical (unpaired) electrons. The minimum absolute atomic E-state index is 0.143. The van der Waals surface area contributed by atoms with Crippen LogP contribution in [0.1, 0.15) is 32.1 Å². The lowest BCUT2D eigenvalue weighted by molar-refractivity contribution is -0.138. The van der Waals surface area contributed by atoms with Crippen LogP contribution in [0, 0.1) is 5.92 Å². The Hall–Kier alpha value is -1.85. The van der Waals surface area contributed by atoms with Crippen molar-refractivity contribution in [3.05, 3.63) is 18.7 Å². The zero-order valence-corrected chi connectivity index (χ0v) is 10.1. The molecule has 1 aliphatic carbocycles. The van der Waals surface area contributed by atoms with Gasteiger partial charge in [-0.15, -0.1) is 0 Å². The summed E-state index contributed by atoms with van der Waals surface area (Å²) in [7, 11) is 0. The number of hydrogen-bond donors (Lipinski definition) is 2. The Bertz CT molecular complexity index is 408. The summed E-state index contributed by atoms with van der Waals surface area (Å²) in [6.07, 6.45) is 8.28. The molecular weight excluding hydrogens is 234 g/mol. The normalized spacial score (nSPS) is 23.6. The molecule has 18 heavy (non-hydrogen) atoms.